The lowest BCUT2D eigenvalue weighted by Gasteiger charge is -2.28. The van der Waals surface area contributed by atoms with Gasteiger partial charge in [0.1, 0.15) is 27.9 Å². The van der Waals surface area contributed by atoms with E-state index in [4.69, 9.17) is 33.3 Å². The standard InChI is InChI=1S/C21H20Cl2N4O2S/c22-13-4-9-17(16(23)12-13)29-15-7-5-14(6-8-15)25-21-18(20(28)26-30-21)19(24)27-10-2-1-3-11-27/h4-9,12,24-25H,1-3,10-11H2,(H,26,28). The van der Waals surface area contributed by atoms with Crippen molar-refractivity contribution in [3.05, 3.63) is 68.4 Å². The average Bonchev–Trinajstić information content (AvgIpc) is 3.11. The second-order valence-electron chi connectivity index (χ2n) is 6.96. The number of piperidine rings is 1. The molecule has 156 valence electrons. The Labute approximate surface area is 188 Å². The molecule has 0 radical (unpaired) electrons. The first-order chi connectivity index (χ1) is 14.5. The molecule has 1 aliphatic rings. The number of hydrogen-bond donors (Lipinski definition) is 3. The highest BCUT2D eigenvalue weighted by Gasteiger charge is 2.22. The Morgan fingerprint density at radius 2 is 1.83 bits per heavy atom. The summed E-state index contributed by atoms with van der Waals surface area (Å²) in [6.45, 7) is 1.62. The van der Waals surface area contributed by atoms with Gasteiger partial charge in [-0.2, -0.15) is 0 Å². The Balaban J connectivity index is 1.49. The second-order valence-corrected chi connectivity index (χ2v) is 8.62. The van der Waals surface area contributed by atoms with Crippen molar-refractivity contribution in [2.45, 2.75) is 19.3 Å². The van der Waals surface area contributed by atoms with E-state index in [1.807, 2.05) is 17.0 Å². The minimum absolute atomic E-state index is 0.240. The summed E-state index contributed by atoms with van der Waals surface area (Å²) in [7, 11) is 0. The largest absolute Gasteiger partial charge is 0.456 e. The maximum Gasteiger partial charge on any atom is 0.271 e. The van der Waals surface area contributed by atoms with Gasteiger partial charge in [0.15, 0.2) is 0 Å². The van der Waals surface area contributed by atoms with Crippen LogP contribution in [0.15, 0.2) is 47.3 Å². The molecule has 3 N–H and O–H groups in total. The smallest absolute Gasteiger partial charge is 0.271 e. The van der Waals surface area contributed by atoms with E-state index >= 15 is 0 Å². The molecule has 2 heterocycles. The van der Waals surface area contributed by atoms with Gasteiger partial charge < -0.3 is 15.0 Å². The van der Waals surface area contributed by atoms with Crippen molar-refractivity contribution < 1.29 is 4.74 Å². The van der Waals surface area contributed by atoms with Crippen LogP contribution in [0.4, 0.5) is 10.7 Å². The molecule has 3 aromatic rings. The van der Waals surface area contributed by atoms with Crippen LogP contribution in [0.1, 0.15) is 24.8 Å². The van der Waals surface area contributed by atoms with Crippen molar-refractivity contribution in [2.75, 3.05) is 18.4 Å². The highest BCUT2D eigenvalue weighted by molar-refractivity contribution is 7.10. The van der Waals surface area contributed by atoms with Crippen LogP contribution in [0.2, 0.25) is 10.0 Å². The Morgan fingerprint density at radius 1 is 1.10 bits per heavy atom. The summed E-state index contributed by atoms with van der Waals surface area (Å²) in [4.78, 5) is 14.3. The zero-order chi connectivity index (χ0) is 21.1. The summed E-state index contributed by atoms with van der Waals surface area (Å²) in [6, 6.07) is 12.4. The number of hydrogen-bond acceptors (Lipinski definition) is 5. The van der Waals surface area contributed by atoms with Crippen LogP contribution in [-0.2, 0) is 0 Å². The number of rotatable bonds is 5. The molecule has 2 aromatic carbocycles. The van der Waals surface area contributed by atoms with Gasteiger partial charge in [-0.25, -0.2) is 0 Å². The lowest BCUT2D eigenvalue weighted by Crippen LogP contribution is -2.37. The number of ether oxygens (including phenoxy) is 1. The molecule has 1 aliphatic heterocycles. The second kappa shape index (κ2) is 9.12. The third kappa shape index (κ3) is 4.64. The van der Waals surface area contributed by atoms with E-state index < -0.39 is 0 Å². The number of halogens is 2. The van der Waals surface area contributed by atoms with Crippen molar-refractivity contribution >= 4 is 51.3 Å². The highest BCUT2D eigenvalue weighted by atomic mass is 35.5. The lowest BCUT2D eigenvalue weighted by atomic mass is 10.1. The molecule has 0 amide bonds. The summed E-state index contributed by atoms with van der Waals surface area (Å²) in [6.07, 6.45) is 3.27. The first-order valence-electron chi connectivity index (χ1n) is 9.56. The van der Waals surface area contributed by atoms with E-state index in [1.165, 1.54) is 18.0 Å². The van der Waals surface area contributed by atoms with Gasteiger partial charge in [0.25, 0.3) is 5.56 Å². The minimum atomic E-state index is -0.240. The molecule has 1 aromatic heterocycles. The number of likely N-dealkylation sites (tertiary alicyclic amines) is 1. The topological polar surface area (TPSA) is 81.2 Å². The fraction of sp³-hybridized carbons (Fsp3) is 0.238. The Bertz CT molecular complexity index is 1100. The van der Waals surface area contributed by atoms with E-state index in [0.29, 0.717) is 32.1 Å². The molecule has 0 bridgehead atoms. The number of nitrogens with one attached hydrogen (secondary N) is 3. The normalized spacial score (nSPS) is 13.9. The van der Waals surface area contributed by atoms with Gasteiger partial charge in [0, 0.05) is 23.8 Å². The number of amidine groups is 1. The molecule has 4 rings (SSSR count). The first-order valence-corrected chi connectivity index (χ1v) is 11.1. The monoisotopic (exact) mass is 462 g/mol. The number of H-pyrrole nitrogens is 1. The molecule has 0 spiro atoms. The van der Waals surface area contributed by atoms with Gasteiger partial charge in [-0.1, -0.05) is 23.2 Å². The molecular formula is C21H20Cl2N4O2S. The lowest BCUT2D eigenvalue weighted by molar-refractivity contribution is 0.341. The Hall–Kier alpha value is -2.48. The molecule has 30 heavy (non-hydrogen) atoms. The average molecular weight is 463 g/mol. The van der Waals surface area contributed by atoms with Gasteiger partial charge in [0.2, 0.25) is 0 Å². The number of benzene rings is 2. The third-order valence-corrected chi connectivity index (χ3v) is 6.17. The summed E-state index contributed by atoms with van der Waals surface area (Å²) in [5, 5.41) is 13.4. The van der Waals surface area contributed by atoms with Gasteiger partial charge >= 0.3 is 0 Å². The fourth-order valence-corrected chi connectivity index (χ4v) is 4.51. The first kappa shape index (κ1) is 20.8. The molecule has 0 aliphatic carbocycles. The minimum Gasteiger partial charge on any atom is -0.456 e. The maximum absolute atomic E-state index is 12.3. The van der Waals surface area contributed by atoms with Crippen LogP contribution in [0.25, 0.3) is 0 Å². The number of anilines is 2. The van der Waals surface area contributed by atoms with Crippen molar-refractivity contribution in [1.82, 2.24) is 9.27 Å². The van der Waals surface area contributed by atoms with Crippen LogP contribution in [0.5, 0.6) is 11.5 Å². The number of nitrogens with zero attached hydrogens (tertiary/aromatic N) is 1. The van der Waals surface area contributed by atoms with Crippen LogP contribution in [0, 0.1) is 5.41 Å². The molecule has 9 heteroatoms. The SMILES string of the molecule is N=C(c1c(Nc2ccc(Oc3ccc(Cl)cc3Cl)cc2)s[nH]c1=O)N1CCCCC1. The predicted molar refractivity (Wildman–Crippen MR) is 123 cm³/mol. The van der Waals surface area contributed by atoms with Crippen molar-refractivity contribution in [1.29, 1.82) is 5.41 Å². The Kier molecular flexibility index (Phi) is 6.32. The van der Waals surface area contributed by atoms with Crippen molar-refractivity contribution in [3.63, 3.8) is 0 Å². The zero-order valence-electron chi connectivity index (χ0n) is 16.0. The third-order valence-electron chi connectivity index (χ3n) is 4.84. The molecule has 1 saturated heterocycles. The number of aromatic amines is 1. The van der Waals surface area contributed by atoms with Gasteiger partial charge in [-0.05, 0) is 73.3 Å². The van der Waals surface area contributed by atoms with E-state index in [9.17, 15) is 4.79 Å². The van der Waals surface area contributed by atoms with Crippen molar-refractivity contribution in [3.8, 4) is 11.5 Å². The number of aromatic nitrogens is 1. The maximum atomic E-state index is 12.3. The molecule has 0 unspecified atom stereocenters. The quantitative estimate of drug-likeness (QED) is 0.316. The zero-order valence-corrected chi connectivity index (χ0v) is 18.3. The van der Waals surface area contributed by atoms with Crippen LogP contribution in [-0.4, -0.2) is 28.2 Å². The summed E-state index contributed by atoms with van der Waals surface area (Å²) in [5.74, 6) is 1.41. The molecule has 6 nitrogen and oxygen atoms in total. The van der Waals surface area contributed by atoms with E-state index in [-0.39, 0.29) is 11.4 Å². The van der Waals surface area contributed by atoms with Crippen LogP contribution in [0.3, 0.4) is 0 Å². The fourth-order valence-electron chi connectivity index (χ4n) is 3.30. The van der Waals surface area contributed by atoms with Crippen molar-refractivity contribution in [2.24, 2.45) is 0 Å². The summed E-state index contributed by atoms with van der Waals surface area (Å²) < 4.78 is 8.54. The van der Waals surface area contributed by atoms with Gasteiger partial charge in [-0.3, -0.25) is 14.6 Å². The molecule has 0 saturated carbocycles. The summed E-state index contributed by atoms with van der Waals surface area (Å²) >= 11 is 13.3. The predicted octanol–water partition coefficient (Wildman–Crippen LogP) is 6.09. The van der Waals surface area contributed by atoms with E-state index in [2.05, 4.69) is 9.69 Å². The Morgan fingerprint density at radius 3 is 2.53 bits per heavy atom. The van der Waals surface area contributed by atoms with E-state index in [0.717, 1.165) is 31.6 Å². The van der Waals surface area contributed by atoms with E-state index in [1.54, 1.807) is 30.3 Å². The molecular weight excluding hydrogens is 443 g/mol. The van der Waals surface area contributed by atoms with Crippen LogP contribution >= 0.6 is 34.7 Å². The molecule has 0 atom stereocenters. The summed E-state index contributed by atoms with van der Waals surface area (Å²) in [5.41, 5.74) is 0.929. The van der Waals surface area contributed by atoms with Gasteiger partial charge in [0.05, 0.1) is 5.02 Å². The van der Waals surface area contributed by atoms with Gasteiger partial charge in [-0.15, -0.1) is 0 Å². The highest BCUT2D eigenvalue weighted by Crippen LogP contribution is 2.32. The molecule has 1 fully saturated rings. The van der Waals surface area contributed by atoms with Crippen LogP contribution < -0.4 is 15.6 Å².